The second kappa shape index (κ2) is 8.26. The van der Waals surface area contributed by atoms with Crippen molar-refractivity contribution in [1.29, 1.82) is 0 Å². The number of ether oxygens (including phenoxy) is 3. The van der Waals surface area contributed by atoms with Gasteiger partial charge in [0.05, 0.1) is 12.8 Å². The summed E-state index contributed by atoms with van der Waals surface area (Å²) in [5.41, 5.74) is 2.27. The SMILES string of the molecule is COc1cccc2cc(C(=O)N3CCN(c4ccc(-c5ccc6c(c5)OCO6)nn4)CC3)oc12. The molecule has 0 unspecified atom stereocenters. The molecule has 2 aliphatic rings. The van der Waals surface area contributed by atoms with E-state index in [-0.39, 0.29) is 12.7 Å². The van der Waals surface area contributed by atoms with Crippen LogP contribution in [0.5, 0.6) is 17.2 Å². The fourth-order valence-corrected chi connectivity index (χ4v) is 4.30. The highest BCUT2D eigenvalue weighted by Gasteiger charge is 2.26. The van der Waals surface area contributed by atoms with Gasteiger partial charge in [0.25, 0.3) is 5.91 Å². The number of nitrogens with zero attached hydrogens (tertiary/aromatic N) is 4. The van der Waals surface area contributed by atoms with Crippen molar-refractivity contribution in [3.8, 4) is 28.5 Å². The number of carbonyl (C=O) groups is 1. The highest BCUT2D eigenvalue weighted by atomic mass is 16.7. The number of para-hydroxylation sites is 1. The normalized spacial score (nSPS) is 15.1. The van der Waals surface area contributed by atoms with Gasteiger partial charge < -0.3 is 28.4 Å². The van der Waals surface area contributed by atoms with E-state index >= 15 is 0 Å². The van der Waals surface area contributed by atoms with Crippen molar-refractivity contribution >= 4 is 22.7 Å². The van der Waals surface area contributed by atoms with Gasteiger partial charge in [0.15, 0.2) is 34.4 Å². The number of rotatable bonds is 4. The van der Waals surface area contributed by atoms with Gasteiger partial charge in [-0.15, -0.1) is 10.2 Å². The molecule has 0 saturated carbocycles. The lowest BCUT2D eigenvalue weighted by Gasteiger charge is -2.34. The van der Waals surface area contributed by atoms with Gasteiger partial charge in [-0.3, -0.25) is 4.79 Å². The molecule has 0 bridgehead atoms. The van der Waals surface area contributed by atoms with E-state index in [1.807, 2.05) is 48.5 Å². The molecule has 9 heteroatoms. The van der Waals surface area contributed by atoms with Crippen LogP contribution in [0.3, 0.4) is 0 Å². The number of carbonyl (C=O) groups excluding carboxylic acids is 1. The van der Waals surface area contributed by atoms with Crippen molar-refractivity contribution in [1.82, 2.24) is 15.1 Å². The Labute approximate surface area is 195 Å². The molecule has 2 aromatic carbocycles. The maximum Gasteiger partial charge on any atom is 0.289 e. The Morgan fingerprint density at radius 2 is 1.79 bits per heavy atom. The van der Waals surface area contributed by atoms with Crippen molar-refractivity contribution in [2.24, 2.45) is 0 Å². The number of methoxy groups -OCH3 is 1. The van der Waals surface area contributed by atoms with Crippen LogP contribution in [0.1, 0.15) is 10.6 Å². The predicted molar refractivity (Wildman–Crippen MR) is 124 cm³/mol. The number of benzene rings is 2. The highest BCUT2D eigenvalue weighted by Crippen LogP contribution is 2.35. The fraction of sp³-hybridized carbons (Fsp3) is 0.240. The summed E-state index contributed by atoms with van der Waals surface area (Å²) in [6, 6.07) is 17.0. The molecule has 9 nitrogen and oxygen atoms in total. The van der Waals surface area contributed by atoms with Crippen molar-refractivity contribution in [2.45, 2.75) is 0 Å². The smallest absolute Gasteiger partial charge is 0.289 e. The van der Waals surface area contributed by atoms with Crippen LogP contribution in [0, 0.1) is 0 Å². The first-order valence-electron chi connectivity index (χ1n) is 11.0. The highest BCUT2D eigenvalue weighted by molar-refractivity contribution is 5.97. The Morgan fingerprint density at radius 1 is 0.941 bits per heavy atom. The minimum Gasteiger partial charge on any atom is -0.493 e. The number of hydrogen-bond donors (Lipinski definition) is 0. The molecule has 2 aromatic heterocycles. The fourth-order valence-electron chi connectivity index (χ4n) is 4.30. The largest absolute Gasteiger partial charge is 0.493 e. The Balaban J connectivity index is 1.12. The van der Waals surface area contributed by atoms with E-state index in [4.69, 9.17) is 18.6 Å². The summed E-state index contributed by atoms with van der Waals surface area (Å²) in [6.45, 7) is 2.69. The lowest BCUT2D eigenvalue weighted by atomic mass is 10.1. The van der Waals surface area contributed by atoms with Gasteiger partial charge in [-0.2, -0.15) is 0 Å². The molecule has 34 heavy (non-hydrogen) atoms. The van der Waals surface area contributed by atoms with Crippen LogP contribution < -0.4 is 19.1 Å². The molecule has 6 rings (SSSR count). The van der Waals surface area contributed by atoms with Crippen LogP contribution in [0.2, 0.25) is 0 Å². The molecule has 0 atom stereocenters. The first kappa shape index (κ1) is 20.3. The molecule has 1 saturated heterocycles. The van der Waals surface area contributed by atoms with Gasteiger partial charge >= 0.3 is 0 Å². The van der Waals surface area contributed by atoms with E-state index < -0.39 is 0 Å². The number of amides is 1. The first-order valence-corrected chi connectivity index (χ1v) is 11.0. The molecule has 2 aliphatic heterocycles. The van der Waals surface area contributed by atoms with Crippen molar-refractivity contribution in [2.75, 3.05) is 45.0 Å². The Bertz CT molecular complexity index is 1360. The number of piperazine rings is 1. The van der Waals surface area contributed by atoms with Gasteiger partial charge in [0.2, 0.25) is 6.79 Å². The number of hydrogen-bond acceptors (Lipinski definition) is 8. The summed E-state index contributed by atoms with van der Waals surface area (Å²) >= 11 is 0. The molecular formula is C25H22N4O5. The van der Waals surface area contributed by atoms with Gasteiger partial charge in [0.1, 0.15) is 0 Å². The third kappa shape index (κ3) is 3.55. The molecule has 1 amide bonds. The summed E-state index contributed by atoms with van der Waals surface area (Å²) < 4.78 is 22.0. The zero-order valence-electron chi connectivity index (χ0n) is 18.6. The lowest BCUT2D eigenvalue weighted by Crippen LogP contribution is -2.49. The van der Waals surface area contributed by atoms with E-state index in [0.29, 0.717) is 49.0 Å². The standard InChI is InChI=1S/C25H22N4O5/c1-31-20-4-2-3-17-14-22(34-24(17)20)25(30)29-11-9-28(10-12-29)23-8-6-18(26-27-23)16-5-7-19-21(13-16)33-15-32-19/h2-8,13-14H,9-12,15H2,1H3. The summed E-state index contributed by atoms with van der Waals surface area (Å²) in [5, 5.41) is 9.66. The molecule has 172 valence electrons. The average molecular weight is 458 g/mol. The van der Waals surface area contributed by atoms with Crippen molar-refractivity contribution < 1.29 is 23.4 Å². The third-order valence-corrected chi connectivity index (χ3v) is 6.15. The maximum atomic E-state index is 13.0. The monoisotopic (exact) mass is 458 g/mol. The van der Waals surface area contributed by atoms with E-state index in [1.54, 1.807) is 18.1 Å². The summed E-state index contributed by atoms with van der Waals surface area (Å²) in [7, 11) is 1.59. The Morgan fingerprint density at radius 3 is 2.59 bits per heavy atom. The first-order chi connectivity index (χ1) is 16.7. The van der Waals surface area contributed by atoms with Crippen molar-refractivity contribution in [3.63, 3.8) is 0 Å². The Hall–Kier alpha value is -4.27. The number of anilines is 1. The summed E-state index contributed by atoms with van der Waals surface area (Å²) in [6.07, 6.45) is 0. The second-order valence-corrected chi connectivity index (χ2v) is 8.11. The number of aromatic nitrogens is 2. The van der Waals surface area contributed by atoms with E-state index in [2.05, 4.69) is 15.1 Å². The van der Waals surface area contributed by atoms with Crippen molar-refractivity contribution in [3.05, 3.63) is 60.4 Å². The van der Waals surface area contributed by atoms with Crippen LogP contribution in [0.25, 0.3) is 22.2 Å². The summed E-state index contributed by atoms with van der Waals surface area (Å²) in [4.78, 5) is 16.9. The molecule has 4 heterocycles. The van der Waals surface area contributed by atoms with Crippen LogP contribution >= 0.6 is 0 Å². The molecule has 4 aromatic rings. The van der Waals surface area contributed by atoms with Gasteiger partial charge in [-0.05, 0) is 42.5 Å². The minimum absolute atomic E-state index is 0.123. The van der Waals surface area contributed by atoms with Gasteiger partial charge in [-0.25, -0.2) is 0 Å². The maximum absolute atomic E-state index is 13.0. The predicted octanol–water partition coefficient (Wildman–Crippen LogP) is 3.59. The molecule has 0 radical (unpaired) electrons. The van der Waals surface area contributed by atoms with Gasteiger partial charge in [-0.1, -0.05) is 12.1 Å². The second-order valence-electron chi connectivity index (χ2n) is 8.11. The minimum atomic E-state index is -0.123. The molecule has 0 spiro atoms. The quantitative estimate of drug-likeness (QED) is 0.458. The van der Waals surface area contributed by atoms with Crippen LogP contribution in [0.4, 0.5) is 5.82 Å². The van der Waals surface area contributed by atoms with Crippen LogP contribution in [0.15, 0.2) is 59.0 Å². The van der Waals surface area contributed by atoms with Gasteiger partial charge in [0, 0.05) is 37.1 Å². The number of fused-ring (bicyclic) bond motifs is 2. The van der Waals surface area contributed by atoms with E-state index in [9.17, 15) is 4.79 Å². The molecular weight excluding hydrogens is 436 g/mol. The van der Waals surface area contributed by atoms with E-state index in [0.717, 1.165) is 28.2 Å². The number of furan rings is 1. The average Bonchev–Trinajstić information content (AvgIpc) is 3.55. The van der Waals surface area contributed by atoms with Crippen LogP contribution in [-0.4, -0.2) is 61.1 Å². The Kier molecular flexibility index (Phi) is 4.94. The third-order valence-electron chi connectivity index (χ3n) is 6.15. The lowest BCUT2D eigenvalue weighted by molar-refractivity contribution is 0.0716. The van der Waals surface area contributed by atoms with E-state index in [1.165, 1.54) is 0 Å². The molecule has 1 fully saturated rings. The zero-order valence-corrected chi connectivity index (χ0v) is 18.6. The van der Waals surface area contributed by atoms with Crippen LogP contribution in [-0.2, 0) is 0 Å². The topological polar surface area (TPSA) is 90.2 Å². The summed E-state index contributed by atoms with van der Waals surface area (Å²) in [5.74, 6) is 3.05. The zero-order chi connectivity index (χ0) is 23.1. The molecule has 0 N–H and O–H groups in total. The molecule has 0 aliphatic carbocycles.